The summed E-state index contributed by atoms with van der Waals surface area (Å²) in [6, 6.07) is 9.04. The van der Waals surface area contributed by atoms with Crippen molar-refractivity contribution >= 4 is 66.7 Å². The van der Waals surface area contributed by atoms with E-state index in [-0.39, 0.29) is 33.4 Å². The van der Waals surface area contributed by atoms with Gasteiger partial charge in [0.25, 0.3) is 5.91 Å². The third-order valence-electron chi connectivity index (χ3n) is 5.21. The Labute approximate surface area is 224 Å². The summed E-state index contributed by atoms with van der Waals surface area (Å²) >= 11 is 13.8. The molecule has 0 atom stereocenters. The molecule has 12 heteroatoms. The van der Waals surface area contributed by atoms with Crippen molar-refractivity contribution in [2.24, 2.45) is 4.99 Å². The van der Waals surface area contributed by atoms with Crippen LogP contribution in [0.1, 0.15) is 44.0 Å². The first-order valence-corrected chi connectivity index (χ1v) is 14.5. The van der Waals surface area contributed by atoms with Crippen LogP contribution in [0.5, 0.6) is 0 Å². The van der Waals surface area contributed by atoms with Gasteiger partial charge in [-0.2, -0.15) is 9.30 Å². The summed E-state index contributed by atoms with van der Waals surface area (Å²) in [5, 5.41) is 0.538. The number of sulfonamides is 1. The molecule has 0 spiro atoms. The van der Waals surface area contributed by atoms with Crippen molar-refractivity contribution in [2.45, 2.75) is 45.1 Å². The monoisotopic (exact) mass is 571 g/mol. The second-order valence-electron chi connectivity index (χ2n) is 7.83. The van der Waals surface area contributed by atoms with Gasteiger partial charge in [-0.15, -0.1) is 0 Å². The van der Waals surface area contributed by atoms with E-state index in [1.165, 1.54) is 44.5 Å². The molecule has 0 saturated heterocycles. The highest BCUT2D eigenvalue weighted by molar-refractivity contribution is 7.89. The SMILES string of the molecule is CCCN(CCC)S(=O)(=O)c1ccc(C(=O)N=c2sc3ccc(Cl)c(Cl)c3n2CC(=O)OCC)cc1. The predicted octanol–water partition coefficient (Wildman–Crippen LogP) is 5.12. The number of aromatic nitrogens is 1. The molecule has 3 rings (SSSR count). The van der Waals surface area contributed by atoms with Gasteiger partial charge in [0.05, 0.1) is 31.8 Å². The molecule has 0 saturated carbocycles. The van der Waals surface area contributed by atoms with Crippen LogP contribution in [0.25, 0.3) is 10.2 Å². The summed E-state index contributed by atoms with van der Waals surface area (Å²) in [4.78, 5) is 29.8. The van der Waals surface area contributed by atoms with Crippen LogP contribution in [0, 0.1) is 0 Å². The average molecular weight is 573 g/mol. The predicted molar refractivity (Wildman–Crippen MR) is 142 cm³/mol. The van der Waals surface area contributed by atoms with Crippen LogP contribution in [0.2, 0.25) is 10.0 Å². The minimum Gasteiger partial charge on any atom is -0.465 e. The van der Waals surface area contributed by atoms with E-state index < -0.39 is 21.9 Å². The lowest BCUT2D eigenvalue weighted by Crippen LogP contribution is -2.32. The molecule has 0 aliphatic heterocycles. The van der Waals surface area contributed by atoms with E-state index in [2.05, 4.69) is 4.99 Å². The number of carbonyl (C=O) groups excluding carboxylic acids is 2. The molecule has 194 valence electrons. The highest BCUT2D eigenvalue weighted by atomic mass is 35.5. The zero-order chi connectivity index (χ0) is 26.5. The number of amides is 1. The van der Waals surface area contributed by atoms with Gasteiger partial charge in [0.1, 0.15) is 6.54 Å². The van der Waals surface area contributed by atoms with Crippen LogP contribution in [0.3, 0.4) is 0 Å². The molecule has 1 heterocycles. The number of ether oxygens (including phenoxy) is 1. The van der Waals surface area contributed by atoms with E-state index in [9.17, 15) is 18.0 Å². The number of halogens is 2. The minimum atomic E-state index is -3.67. The van der Waals surface area contributed by atoms with E-state index in [4.69, 9.17) is 27.9 Å². The fourth-order valence-corrected chi connectivity index (χ4v) is 6.73. The number of rotatable bonds is 10. The highest BCUT2D eigenvalue weighted by Crippen LogP contribution is 2.32. The van der Waals surface area contributed by atoms with Crippen molar-refractivity contribution in [1.29, 1.82) is 0 Å². The van der Waals surface area contributed by atoms with Gasteiger partial charge in [0, 0.05) is 18.7 Å². The summed E-state index contributed by atoms with van der Waals surface area (Å²) in [6.45, 7) is 6.37. The molecule has 0 aliphatic carbocycles. The molecule has 0 bridgehead atoms. The van der Waals surface area contributed by atoms with Crippen LogP contribution >= 0.6 is 34.5 Å². The maximum absolute atomic E-state index is 13.0. The number of benzene rings is 2. The topological polar surface area (TPSA) is 98.0 Å². The molecule has 0 aliphatic rings. The van der Waals surface area contributed by atoms with Crippen LogP contribution in [0.15, 0.2) is 46.3 Å². The van der Waals surface area contributed by atoms with E-state index in [0.717, 1.165) is 0 Å². The Kier molecular flexibility index (Phi) is 9.71. The Morgan fingerprint density at radius 1 is 1.03 bits per heavy atom. The number of thiazole rings is 1. The first-order valence-electron chi connectivity index (χ1n) is 11.5. The zero-order valence-electron chi connectivity index (χ0n) is 20.2. The van der Waals surface area contributed by atoms with Gasteiger partial charge < -0.3 is 9.30 Å². The van der Waals surface area contributed by atoms with Crippen molar-refractivity contribution in [3.05, 3.63) is 56.8 Å². The van der Waals surface area contributed by atoms with Crippen molar-refractivity contribution in [3.63, 3.8) is 0 Å². The summed E-state index contributed by atoms with van der Waals surface area (Å²) in [5.74, 6) is -1.11. The van der Waals surface area contributed by atoms with Crippen LogP contribution < -0.4 is 4.80 Å². The lowest BCUT2D eigenvalue weighted by atomic mass is 10.2. The fraction of sp³-hybridized carbons (Fsp3) is 0.375. The van der Waals surface area contributed by atoms with Crippen molar-refractivity contribution in [2.75, 3.05) is 19.7 Å². The standard InChI is InChI=1S/C24H27Cl2N3O5S2/c1-4-13-28(14-5-2)36(32,33)17-9-7-16(8-10-17)23(31)27-24-29(15-20(30)34-6-3)22-19(35-24)12-11-18(25)21(22)26/h7-12H,4-6,13-15H2,1-3H3. The molecule has 2 aromatic carbocycles. The molecule has 1 aromatic heterocycles. The Bertz CT molecular complexity index is 1420. The summed E-state index contributed by atoms with van der Waals surface area (Å²) in [6.07, 6.45) is 1.40. The first-order chi connectivity index (χ1) is 17.1. The van der Waals surface area contributed by atoms with E-state index in [1.54, 1.807) is 19.1 Å². The van der Waals surface area contributed by atoms with Crippen LogP contribution in [-0.2, 0) is 26.1 Å². The number of nitrogens with zero attached hydrogens (tertiary/aromatic N) is 3. The number of carbonyl (C=O) groups is 2. The van der Waals surface area contributed by atoms with Crippen molar-refractivity contribution in [3.8, 4) is 0 Å². The van der Waals surface area contributed by atoms with Crippen LogP contribution in [0.4, 0.5) is 0 Å². The number of hydrogen-bond donors (Lipinski definition) is 0. The van der Waals surface area contributed by atoms with Crippen molar-refractivity contribution in [1.82, 2.24) is 8.87 Å². The zero-order valence-corrected chi connectivity index (χ0v) is 23.3. The van der Waals surface area contributed by atoms with E-state index >= 15 is 0 Å². The molecular formula is C24H27Cl2N3O5S2. The average Bonchev–Trinajstić information content (AvgIpc) is 3.18. The molecule has 0 N–H and O–H groups in total. The quantitative estimate of drug-likeness (QED) is 0.314. The van der Waals surface area contributed by atoms with E-state index in [1.807, 2.05) is 13.8 Å². The van der Waals surface area contributed by atoms with E-state index in [0.29, 0.717) is 41.2 Å². The maximum Gasteiger partial charge on any atom is 0.326 e. The second-order valence-corrected chi connectivity index (χ2v) is 11.6. The largest absolute Gasteiger partial charge is 0.465 e. The smallest absolute Gasteiger partial charge is 0.326 e. The Morgan fingerprint density at radius 2 is 1.67 bits per heavy atom. The molecule has 0 radical (unpaired) electrons. The number of esters is 1. The van der Waals surface area contributed by atoms with Gasteiger partial charge in [-0.25, -0.2) is 8.42 Å². The van der Waals surface area contributed by atoms with Crippen LogP contribution in [-0.4, -0.2) is 48.9 Å². The minimum absolute atomic E-state index is 0.113. The second kappa shape index (κ2) is 12.3. The molecule has 8 nitrogen and oxygen atoms in total. The Balaban J connectivity index is 2.01. The third kappa shape index (κ3) is 6.18. The molecule has 3 aromatic rings. The van der Waals surface area contributed by atoms with Gasteiger partial charge in [-0.05, 0) is 56.2 Å². The third-order valence-corrected chi connectivity index (χ3v) is 8.96. The summed E-state index contributed by atoms with van der Waals surface area (Å²) < 4.78 is 34.7. The summed E-state index contributed by atoms with van der Waals surface area (Å²) in [7, 11) is -3.67. The lowest BCUT2D eigenvalue weighted by molar-refractivity contribution is -0.143. The molecule has 36 heavy (non-hydrogen) atoms. The van der Waals surface area contributed by atoms with Gasteiger partial charge in [0.15, 0.2) is 4.80 Å². The molecule has 1 amide bonds. The summed E-state index contributed by atoms with van der Waals surface area (Å²) in [5.41, 5.74) is 0.679. The van der Waals surface area contributed by atoms with Gasteiger partial charge in [-0.1, -0.05) is 48.4 Å². The highest BCUT2D eigenvalue weighted by Gasteiger charge is 2.23. The number of hydrogen-bond acceptors (Lipinski definition) is 6. The molecule has 0 unspecified atom stereocenters. The normalized spacial score (nSPS) is 12.4. The first kappa shape index (κ1) is 28.3. The lowest BCUT2D eigenvalue weighted by Gasteiger charge is -2.21. The Morgan fingerprint density at radius 3 is 2.25 bits per heavy atom. The van der Waals surface area contributed by atoms with Gasteiger partial charge >= 0.3 is 5.97 Å². The van der Waals surface area contributed by atoms with Gasteiger partial charge in [0.2, 0.25) is 10.0 Å². The van der Waals surface area contributed by atoms with Gasteiger partial charge in [-0.3, -0.25) is 9.59 Å². The van der Waals surface area contributed by atoms with Crippen molar-refractivity contribution < 1.29 is 22.7 Å². The number of fused-ring (bicyclic) bond motifs is 1. The fourth-order valence-electron chi connectivity index (χ4n) is 3.59. The maximum atomic E-state index is 13.0. The molecule has 0 fully saturated rings. The molecular weight excluding hydrogens is 545 g/mol. The Hall–Kier alpha value is -2.24.